The summed E-state index contributed by atoms with van der Waals surface area (Å²) in [4.78, 5) is 29.5. The van der Waals surface area contributed by atoms with Crippen molar-refractivity contribution in [3.63, 3.8) is 0 Å². The first kappa shape index (κ1) is 24.6. The second kappa shape index (κ2) is 12.9. The smallest absolute Gasteiger partial charge is 0.400 e. The van der Waals surface area contributed by atoms with E-state index in [9.17, 15) is 13.9 Å². The monoisotopic (exact) mass is 410 g/mol. The first-order valence-electron chi connectivity index (χ1n) is 7.45. The van der Waals surface area contributed by atoms with Gasteiger partial charge in [0.05, 0.1) is 32.8 Å². The molecule has 0 spiro atoms. The van der Waals surface area contributed by atoms with Crippen molar-refractivity contribution >= 4 is 21.2 Å². The summed E-state index contributed by atoms with van der Waals surface area (Å²) in [6.07, 6.45) is -1.01. The first-order chi connectivity index (χ1) is 11.8. The van der Waals surface area contributed by atoms with Crippen molar-refractivity contribution in [3.05, 3.63) is 0 Å². The zero-order valence-electron chi connectivity index (χ0n) is 14.4. The number of rotatable bonds is 16. The molecular formula is C11H24O12P2. The highest BCUT2D eigenvalue weighted by atomic mass is 31.2. The molecule has 25 heavy (non-hydrogen) atoms. The van der Waals surface area contributed by atoms with Crippen LogP contribution in [0.4, 0.5) is 0 Å². The SMILES string of the molecule is CCOOP(=O)(OOCC)C(CC(=O)O)P(=O)(OOCC)OOCC. The predicted octanol–water partition coefficient (Wildman–Crippen LogP) is 3.05. The van der Waals surface area contributed by atoms with E-state index < -0.39 is 33.0 Å². The molecule has 0 unspecified atom stereocenters. The van der Waals surface area contributed by atoms with Gasteiger partial charge in [0.2, 0.25) is 0 Å². The zero-order chi connectivity index (χ0) is 19.3. The molecule has 0 saturated carbocycles. The van der Waals surface area contributed by atoms with Gasteiger partial charge in [0.15, 0.2) is 5.40 Å². The summed E-state index contributed by atoms with van der Waals surface area (Å²) in [7, 11) is -9.23. The zero-order valence-corrected chi connectivity index (χ0v) is 16.2. The molecule has 0 heterocycles. The molecule has 0 fully saturated rings. The minimum absolute atomic E-state index is 0.0673. The van der Waals surface area contributed by atoms with Crippen molar-refractivity contribution in [3.8, 4) is 0 Å². The molecule has 12 nitrogen and oxygen atoms in total. The van der Waals surface area contributed by atoms with E-state index in [1.807, 2.05) is 0 Å². The number of carboxylic acid groups (broad SMARTS) is 1. The fourth-order valence-electron chi connectivity index (χ4n) is 1.28. The van der Waals surface area contributed by atoms with Crippen LogP contribution < -0.4 is 0 Å². The third kappa shape index (κ3) is 8.69. The number of aliphatic carboxylic acids is 1. The molecule has 0 radical (unpaired) electrons. The van der Waals surface area contributed by atoms with Gasteiger partial charge in [0.25, 0.3) is 0 Å². The van der Waals surface area contributed by atoms with Crippen LogP contribution in [-0.4, -0.2) is 42.9 Å². The molecular weight excluding hydrogens is 386 g/mol. The minimum Gasteiger partial charge on any atom is -0.481 e. The van der Waals surface area contributed by atoms with Gasteiger partial charge in [-0.25, -0.2) is 19.6 Å². The van der Waals surface area contributed by atoms with Gasteiger partial charge < -0.3 is 5.11 Å². The van der Waals surface area contributed by atoms with Crippen LogP contribution in [0, 0.1) is 0 Å². The van der Waals surface area contributed by atoms with Crippen LogP contribution in [-0.2, 0) is 52.2 Å². The molecule has 0 aliphatic carbocycles. The maximum atomic E-state index is 12.9. The topological polar surface area (TPSA) is 145 Å². The number of hydrogen-bond donors (Lipinski definition) is 1. The van der Waals surface area contributed by atoms with Crippen molar-refractivity contribution in [1.82, 2.24) is 0 Å². The van der Waals surface area contributed by atoms with Crippen molar-refractivity contribution in [2.24, 2.45) is 0 Å². The van der Waals surface area contributed by atoms with E-state index in [2.05, 4.69) is 38.2 Å². The Morgan fingerprint density at radius 1 is 0.760 bits per heavy atom. The quantitative estimate of drug-likeness (QED) is 0.227. The van der Waals surface area contributed by atoms with Gasteiger partial charge in [-0.05, 0) is 27.7 Å². The summed E-state index contributed by atoms with van der Waals surface area (Å²) in [6, 6.07) is 0. The lowest BCUT2D eigenvalue weighted by Crippen LogP contribution is -2.21. The third-order valence-corrected chi connectivity index (χ3v) is 6.96. The summed E-state index contributed by atoms with van der Waals surface area (Å²) >= 11 is 0. The van der Waals surface area contributed by atoms with Crippen LogP contribution >= 0.6 is 15.2 Å². The second-order valence-electron chi connectivity index (χ2n) is 4.08. The number of carbonyl (C=O) groups is 1. The Bertz CT molecular complexity index is 412. The Kier molecular flexibility index (Phi) is 12.7. The van der Waals surface area contributed by atoms with Gasteiger partial charge in [-0.3, -0.25) is 13.9 Å². The van der Waals surface area contributed by atoms with Crippen LogP contribution in [0.1, 0.15) is 34.1 Å². The van der Waals surface area contributed by atoms with E-state index in [0.29, 0.717) is 0 Å². The van der Waals surface area contributed by atoms with Crippen molar-refractivity contribution in [1.29, 1.82) is 0 Å². The van der Waals surface area contributed by atoms with Gasteiger partial charge in [0, 0.05) is 0 Å². The van der Waals surface area contributed by atoms with Crippen LogP contribution in [0.5, 0.6) is 0 Å². The van der Waals surface area contributed by atoms with Gasteiger partial charge >= 0.3 is 21.2 Å². The normalized spacial score (nSPS) is 12.7. The molecule has 0 amide bonds. The van der Waals surface area contributed by atoms with E-state index in [0.717, 1.165) is 0 Å². The predicted molar refractivity (Wildman–Crippen MR) is 82.1 cm³/mol. The molecule has 0 rings (SSSR count). The van der Waals surface area contributed by atoms with E-state index in [4.69, 9.17) is 5.11 Å². The fraction of sp³-hybridized carbons (Fsp3) is 0.909. The van der Waals surface area contributed by atoms with E-state index >= 15 is 0 Å². The Labute approximate surface area is 145 Å². The molecule has 0 aromatic carbocycles. The molecule has 0 aromatic rings. The molecule has 0 atom stereocenters. The molecule has 14 heteroatoms. The molecule has 150 valence electrons. The summed E-state index contributed by atoms with van der Waals surface area (Å²) in [6.45, 7) is 5.75. The van der Waals surface area contributed by atoms with Crippen LogP contribution in [0.15, 0.2) is 0 Å². The molecule has 0 aliphatic heterocycles. The average molecular weight is 410 g/mol. The fourth-order valence-corrected chi connectivity index (χ4v) is 5.34. The number of hydrogen-bond acceptors (Lipinski definition) is 11. The Morgan fingerprint density at radius 2 is 1.04 bits per heavy atom. The molecule has 0 saturated heterocycles. The van der Waals surface area contributed by atoms with Crippen LogP contribution in [0.25, 0.3) is 0 Å². The largest absolute Gasteiger partial charge is 0.481 e. The van der Waals surface area contributed by atoms with Crippen LogP contribution in [0.3, 0.4) is 0 Å². The summed E-state index contributed by atoms with van der Waals surface area (Å²) in [5.74, 6) is -1.49. The van der Waals surface area contributed by atoms with E-state index in [1.165, 1.54) is 27.7 Å². The lowest BCUT2D eigenvalue weighted by atomic mass is 10.5. The van der Waals surface area contributed by atoms with Gasteiger partial charge in [-0.2, -0.15) is 0 Å². The summed E-state index contributed by atoms with van der Waals surface area (Å²) in [5.41, 5.74) is 0. The third-order valence-electron chi connectivity index (χ3n) is 2.19. The van der Waals surface area contributed by atoms with Gasteiger partial charge in [-0.15, -0.1) is 18.7 Å². The highest BCUT2D eigenvalue weighted by molar-refractivity contribution is 7.72. The Morgan fingerprint density at radius 3 is 1.24 bits per heavy atom. The summed E-state index contributed by atoms with van der Waals surface area (Å²) in [5, 5.41) is 7.09. The number of carboxylic acids is 1. The Balaban J connectivity index is 5.84. The Hall–Kier alpha value is -0.390. The molecule has 0 aromatic heterocycles. The maximum absolute atomic E-state index is 12.9. The molecule has 0 bridgehead atoms. The first-order valence-corrected chi connectivity index (χ1v) is 10.7. The van der Waals surface area contributed by atoms with Gasteiger partial charge in [0.1, 0.15) is 0 Å². The van der Waals surface area contributed by atoms with Crippen molar-refractivity contribution in [2.45, 2.75) is 39.5 Å². The van der Waals surface area contributed by atoms with E-state index in [1.54, 1.807) is 0 Å². The standard InChI is InChI=1S/C11H24O12P2/c1-5-16-20-24(14,21-17-6-2)11(9-10(12)13)25(15,22-18-7-3)23-19-8-4/h11H,5-9H2,1-4H3,(H,12,13). The maximum Gasteiger partial charge on any atom is 0.400 e. The molecule has 1 N–H and O–H groups in total. The highest BCUT2D eigenvalue weighted by Gasteiger charge is 2.56. The van der Waals surface area contributed by atoms with Crippen LogP contribution in [0.2, 0.25) is 0 Å². The van der Waals surface area contributed by atoms with Gasteiger partial charge in [-0.1, -0.05) is 0 Å². The van der Waals surface area contributed by atoms with Crippen molar-refractivity contribution in [2.75, 3.05) is 26.4 Å². The second-order valence-corrected chi connectivity index (χ2v) is 8.49. The highest BCUT2D eigenvalue weighted by Crippen LogP contribution is 2.71. The summed E-state index contributed by atoms with van der Waals surface area (Å²) < 4.78 is 44.5. The van der Waals surface area contributed by atoms with E-state index in [-0.39, 0.29) is 26.4 Å². The molecule has 0 aliphatic rings. The van der Waals surface area contributed by atoms with Crippen molar-refractivity contribution < 1.29 is 57.3 Å². The minimum atomic E-state index is -4.62. The average Bonchev–Trinajstić information content (AvgIpc) is 2.59. The lowest BCUT2D eigenvalue weighted by Gasteiger charge is -2.27. The lowest BCUT2D eigenvalue weighted by molar-refractivity contribution is -0.272.